The first kappa shape index (κ1) is 21.8. The Hall–Kier alpha value is -1.93. The fourth-order valence-electron chi connectivity index (χ4n) is 4.47. The molecule has 3 rings (SSSR count). The minimum atomic E-state index is -3.03. The van der Waals surface area contributed by atoms with Gasteiger partial charge in [0.15, 0.2) is 9.84 Å². The van der Waals surface area contributed by atoms with Crippen LogP contribution in [-0.4, -0.2) is 74.3 Å². The van der Waals surface area contributed by atoms with Gasteiger partial charge in [0.1, 0.15) is 0 Å². The van der Waals surface area contributed by atoms with Gasteiger partial charge in [0.25, 0.3) is 5.91 Å². The Kier molecular flexibility index (Phi) is 6.95. The predicted octanol–water partition coefficient (Wildman–Crippen LogP) is 1.44. The van der Waals surface area contributed by atoms with Gasteiger partial charge in [0.2, 0.25) is 5.91 Å². The molecule has 1 heterocycles. The van der Waals surface area contributed by atoms with E-state index in [0.29, 0.717) is 18.5 Å². The van der Waals surface area contributed by atoms with Crippen molar-refractivity contribution in [2.75, 3.05) is 32.1 Å². The second-order valence-corrected chi connectivity index (χ2v) is 10.5. The van der Waals surface area contributed by atoms with E-state index in [0.717, 1.165) is 31.2 Å². The van der Waals surface area contributed by atoms with Crippen LogP contribution in [0, 0.1) is 0 Å². The van der Waals surface area contributed by atoms with Crippen molar-refractivity contribution in [2.45, 2.75) is 50.7 Å². The van der Waals surface area contributed by atoms with Crippen LogP contribution in [0.2, 0.25) is 0 Å². The van der Waals surface area contributed by atoms with Crippen molar-refractivity contribution < 1.29 is 18.0 Å². The van der Waals surface area contributed by atoms with Crippen LogP contribution in [0.25, 0.3) is 0 Å². The Morgan fingerprint density at radius 3 is 2.28 bits per heavy atom. The molecule has 1 saturated heterocycles. The summed E-state index contributed by atoms with van der Waals surface area (Å²) in [7, 11) is 0.456. The molecule has 1 saturated carbocycles. The molecule has 1 N–H and O–H groups in total. The van der Waals surface area contributed by atoms with Crippen LogP contribution >= 0.6 is 0 Å². The first-order valence-electron chi connectivity index (χ1n) is 10.3. The van der Waals surface area contributed by atoms with Gasteiger partial charge in [-0.3, -0.25) is 14.5 Å². The van der Waals surface area contributed by atoms with E-state index in [1.54, 1.807) is 19.2 Å². The molecule has 8 heteroatoms. The molecule has 160 valence electrons. The summed E-state index contributed by atoms with van der Waals surface area (Å²) >= 11 is 0. The molecule has 1 aromatic carbocycles. The van der Waals surface area contributed by atoms with Crippen LogP contribution in [0.4, 0.5) is 0 Å². The lowest BCUT2D eigenvalue weighted by atomic mass is 10.1. The van der Waals surface area contributed by atoms with Gasteiger partial charge in [0, 0.05) is 31.2 Å². The molecular weight excluding hydrogens is 390 g/mol. The minimum absolute atomic E-state index is 0.0171. The van der Waals surface area contributed by atoms with E-state index < -0.39 is 9.84 Å². The quantitative estimate of drug-likeness (QED) is 0.720. The third-order valence-corrected chi connectivity index (χ3v) is 7.66. The summed E-state index contributed by atoms with van der Waals surface area (Å²) in [6, 6.07) is 7.32. The summed E-state index contributed by atoms with van der Waals surface area (Å²) in [6.07, 6.45) is 4.68. The van der Waals surface area contributed by atoms with Crippen molar-refractivity contribution in [3.05, 3.63) is 35.4 Å². The van der Waals surface area contributed by atoms with E-state index in [1.807, 2.05) is 29.0 Å². The van der Waals surface area contributed by atoms with Crippen molar-refractivity contribution in [2.24, 2.45) is 0 Å². The molecule has 0 spiro atoms. The third kappa shape index (κ3) is 5.57. The van der Waals surface area contributed by atoms with Gasteiger partial charge in [-0.15, -0.1) is 0 Å². The normalized spacial score (nSPS) is 21.4. The number of likely N-dealkylation sites (N-methyl/N-ethyl adjacent to an activating group) is 1. The highest BCUT2D eigenvalue weighted by Crippen LogP contribution is 2.29. The monoisotopic (exact) mass is 421 g/mol. The Labute approximate surface area is 173 Å². The number of nitrogens with zero attached hydrogens (tertiary/aromatic N) is 2. The summed E-state index contributed by atoms with van der Waals surface area (Å²) in [4.78, 5) is 28.6. The summed E-state index contributed by atoms with van der Waals surface area (Å²) in [6.45, 7) is 0.839. The van der Waals surface area contributed by atoms with Crippen LogP contribution in [0.15, 0.2) is 24.3 Å². The van der Waals surface area contributed by atoms with Crippen LogP contribution in [0.5, 0.6) is 0 Å². The number of carbonyl (C=O) groups is 2. The van der Waals surface area contributed by atoms with Gasteiger partial charge in [-0.25, -0.2) is 8.42 Å². The fraction of sp³-hybridized carbons (Fsp3) is 0.619. The molecule has 0 unspecified atom stereocenters. The van der Waals surface area contributed by atoms with Gasteiger partial charge in [-0.1, -0.05) is 25.0 Å². The lowest BCUT2D eigenvalue weighted by molar-refractivity contribution is -0.136. The smallest absolute Gasteiger partial charge is 0.251 e. The number of hydrogen-bond donors (Lipinski definition) is 1. The van der Waals surface area contributed by atoms with Crippen LogP contribution < -0.4 is 5.32 Å². The maximum absolute atomic E-state index is 13.1. The Morgan fingerprint density at radius 2 is 1.72 bits per heavy atom. The molecule has 0 aromatic heterocycles. The lowest BCUT2D eigenvalue weighted by Crippen LogP contribution is -2.50. The van der Waals surface area contributed by atoms with E-state index >= 15 is 0 Å². The van der Waals surface area contributed by atoms with Crippen molar-refractivity contribution in [3.63, 3.8) is 0 Å². The Bertz CT molecular complexity index is 832. The van der Waals surface area contributed by atoms with Gasteiger partial charge in [0.05, 0.1) is 18.1 Å². The highest BCUT2D eigenvalue weighted by atomic mass is 32.2. The highest BCUT2D eigenvalue weighted by molar-refractivity contribution is 7.91. The Morgan fingerprint density at radius 1 is 1.07 bits per heavy atom. The molecule has 0 bridgehead atoms. The van der Waals surface area contributed by atoms with Gasteiger partial charge >= 0.3 is 0 Å². The first-order chi connectivity index (χ1) is 13.8. The highest BCUT2D eigenvalue weighted by Gasteiger charge is 2.39. The molecular formula is C21H31N3O4S. The third-order valence-electron chi connectivity index (χ3n) is 5.91. The SMILES string of the molecule is CNC(=O)c1ccc(CN(C)CC(=O)N(C2CCCC2)[C@@H]2CCS(=O)(=O)C2)cc1. The first-order valence-corrected chi connectivity index (χ1v) is 12.1. The number of sulfone groups is 1. The molecule has 1 aromatic rings. The number of hydrogen-bond acceptors (Lipinski definition) is 5. The number of carbonyl (C=O) groups excluding carboxylic acids is 2. The average molecular weight is 422 g/mol. The molecule has 1 aliphatic heterocycles. The molecule has 2 amide bonds. The van der Waals surface area contributed by atoms with Crippen LogP contribution in [0.3, 0.4) is 0 Å². The number of nitrogens with one attached hydrogen (secondary N) is 1. The number of amides is 2. The average Bonchev–Trinajstić information content (AvgIpc) is 3.32. The molecule has 1 atom stereocenters. The van der Waals surface area contributed by atoms with Crippen LogP contribution in [0.1, 0.15) is 48.0 Å². The standard InChI is InChI=1S/C21H31N3O4S/c1-22-21(26)17-9-7-16(8-10-17)13-23(2)14-20(25)24(18-5-3-4-6-18)19-11-12-29(27,28)15-19/h7-10,18-19H,3-6,11-15H2,1-2H3,(H,22,26)/t19-/m1/s1. The van der Waals surface area contributed by atoms with E-state index in [4.69, 9.17) is 0 Å². The summed E-state index contributed by atoms with van der Waals surface area (Å²) in [5.41, 5.74) is 1.62. The van der Waals surface area contributed by atoms with Gasteiger partial charge in [-0.05, 0) is 44.0 Å². The van der Waals surface area contributed by atoms with Gasteiger partial charge < -0.3 is 10.2 Å². The molecule has 0 radical (unpaired) electrons. The molecule has 29 heavy (non-hydrogen) atoms. The van der Waals surface area contributed by atoms with E-state index in [9.17, 15) is 18.0 Å². The largest absolute Gasteiger partial charge is 0.355 e. The maximum Gasteiger partial charge on any atom is 0.251 e. The fourth-order valence-corrected chi connectivity index (χ4v) is 6.18. The molecule has 7 nitrogen and oxygen atoms in total. The number of benzene rings is 1. The number of rotatable bonds is 7. The maximum atomic E-state index is 13.1. The summed E-state index contributed by atoms with van der Waals surface area (Å²) < 4.78 is 23.9. The summed E-state index contributed by atoms with van der Waals surface area (Å²) in [5, 5.41) is 2.60. The van der Waals surface area contributed by atoms with Crippen molar-refractivity contribution in [3.8, 4) is 0 Å². The predicted molar refractivity (Wildman–Crippen MR) is 112 cm³/mol. The van der Waals surface area contributed by atoms with Crippen molar-refractivity contribution in [1.29, 1.82) is 0 Å². The van der Waals surface area contributed by atoms with E-state index in [2.05, 4.69) is 5.32 Å². The lowest BCUT2D eigenvalue weighted by Gasteiger charge is -2.35. The second kappa shape index (κ2) is 9.26. The van der Waals surface area contributed by atoms with Crippen molar-refractivity contribution >= 4 is 21.7 Å². The topological polar surface area (TPSA) is 86.8 Å². The van der Waals surface area contributed by atoms with Gasteiger partial charge in [-0.2, -0.15) is 0 Å². The minimum Gasteiger partial charge on any atom is -0.355 e. The molecule has 1 aliphatic carbocycles. The van der Waals surface area contributed by atoms with Crippen LogP contribution in [-0.2, 0) is 21.2 Å². The second-order valence-electron chi connectivity index (χ2n) is 8.24. The van der Waals surface area contributed by atoms with E-state index in [-0.39, 0.29) is 41.9 Å². The van der Waals surface area contributed by atoms with E-state index in [1.165, 1.54) is 0 Å². The molecule has 2 fully saturated rings. The summed E-state index contributed by atoms with van der Waals surface area (Å²) in [5.74, 6) is 0.170. The Balaban J connectivity index is 1.63. The zero-order valence-electron chi connectivity index (χ0n) is 17.3. The zero-order valence-corrected chi connectivity index (χ0v) is 18.1. The molecule has 2 aliphatic rings. The van der Waals surface area contributed by atoms with Crippen molar-refractivity contribution in [1.82, 2.24) is 15.1 Å². The zero-order chi connectivity index (χ0) is 21.0.